The third kappa shape index (κ3) is 8.28. The quantitative estimate of drug-likeness (QED) is 0.100. The molecule has 0 spiro atoms. The van der Waals surface area contributed by atoms with Gasteiger partial charge in [0.1, 0.15) is 17.3 Å². The Kier molecular flexibility index (Phi) is 10.6. The summed E-state index contributed by atoms with van der Waals surface area (Å²) in [6.07, 6.45) is 3.49. The number of thioether (sulfide) groups is 1. The third-order valence-electron chi connectivity index (χ3n) is 7.07. The summed E-state index contributed by atoms with van der Waals surface area (Å²) < 4.78 is 19.1. The predicted octanol–water partition coefficient (Wildman–Crippen LogP) is 6.84. The zero-order chi connectivity index (χ0) is 32.5. The Balaban J connectivity index is 1.23. The monoisotopic (exact) mass is 637 g/mol. The maximum Gasteiger partial charge on any atom is 0.272 e. The molecule has 1 atom stereocenters. The van der Waals surface area contributed by atoms with Crippen molar-refractivity contribution in [3.8, 4) is 5.75 Å². The van der Waals surface area contributed by atoms with Gasteiger partial charge in [0.05, 0.1) is 17.5 Å². The van der Waals surface area contributed by atoms with Crippen molar-refractivity contribution in [1.29, 1.82) is 0 Å². The highest BCUT2D eigenvalue weighted by Crippen LogP contribution is 2.35. The van der Waals surface area contributed by atoms with Gasteiger partial charge < -0.3 is 15.4 Å². The van der Waals surface area contributed by atoms with Crippen LogP contribution in [-0.4, -0.2) is 35.5 Å². The van der Waals surface area contributed by atoms with Gasteiger partial charge in [-0.2, -0.15) is 0 Å². The Bertz CT molecular complexity index is 1730. The summed E-state index contributed by atoms with van der Waals surface area (Å²) in [5.74, 6) is -1.36. The number of anilines is 2. The molecule has 46 heavy (non-hydrogen) atoms. The Hall–Kier alpha value is -5.22. The number of amides is 4. The summed E-state index contributed by atoms with van der Waals surface area (Å²) in [5.41, 5.74) is 1.81. The van der Waals surface area contributed by atoms with Crippen LogP contribution >= 0.6 is 11.8 Å². The molecular formula is C36H32FN3O5S. The van der Waals surface area contributed by atoms with E-state index in [2.05, 4.69) is 17.6 Å². The van der Waals surface area contributed by atoms with Gasteiger partial charge in [-0.3, -0.25) is 19.2 Å². The fourth-order valence-corrected chi connectivity index (χ4v) is 5.69. The number of rotatable bonds is 12. The molecule has 0 aliphatic carbocycles. The van der Waals surface area contributed by atoms with Crippen LogP contribution in [0, 0.1) is 5.82 Å². The SMILES string of the molecule is CCCCOc1ccc(N2C(=O)CC(Sc3ccc(NC(=O)/C(=C/c4ccc(F)cc4)NC(=O)c4ccccc4)cc3)C2=O)cc1. The van der Waals surface area contributed by atoms with Gasteiger partial charge in [0.15, 0.2) is 0 Å². The average molecular weight is 638 g/mol. The molecule has 4 aromatic carbocycles. The number of nitrogens with one attached hydrogen (secondary N) is 2. The minimum Gasteiger partial charge on any atom is -0.494 e. The van der Waals surface area contributed by atoms with Crippen LogP contribution in [0.4, 0.5) is 15.8 Å². The molecule has 1 heterocycles. The minimum absolute atomic E-state index is 0.0328. The summed E-state index contributed by atoms with van der Waals surface area (Å²) in [6.45, 7) is 2.69. The molecule has 4 amide bonds. The first-order valence-corrected chi connectivity index (χ1v) is 15.7. The molecule has 1 unspecified atom stereocenters. The van der Waals surface area contributed by atoms with Gasteiger partial charge in [0.25, 0.3) is 11.8 Å². The zero-order valence-corrected chi connectivity index (χ0v) is 25.9. The Morgan fingerprint density at radius 1 is 0.935 bits per heavy atom. The van der Waals surface area contributed by atoms with Crippen molar-refractivity contribution in [2.75, 3.05) is 16.8 Å². The van der Waals surface area contributed by atoms with E-state index in [1.807, 2.05) is 0 Å². The van der Waals surface area contributed by atoms with E-state index >= 15 is 0 Å². The molecule has 10 heteroatoms. The van der Waals surface area contributed by atoms with Gasteiger partial charge in [0, 0.05) is 22.6 Å². The molecule has 0 bridgehead atoms. The van der Waals surface area contributed by atoms with Crippen LogP contribution in [0.3, 0.4) is 0 Å². The van der Waals surface area contributed by atoms with Gasteiger partial charge in [0.2, 0.25) is 11.8 Å². The normalized spacial score (nSPS) is 14.7. The van der Waals surface area contributed by atoms with Crippen molar-refractivity contribution in [2.24, 2.45) is 0 Å². The molecule has 1 aliphatic heterocycles. The smallest absolute Gasteiger partial charge is 0.272 e. The Morgan fingerprint density at radius 3 is 2.30 bits per heavy atom. The van der Waals surface area contributed by atoms with Crippen molar-refractivity contribution < 1.29 is 28.3 Å². The summed E-state index contributed by atoms with van der Waals surface area (Å²) in [5, 5.41) is 4.83. The van der Waals surface area contributed by atoms with Crippen molar-refractivity contribution >= 4 is 52.8 Å². The molecular weight excluding hydrogens is 605 g/mol. The topological polar surface area (TPSA) is 105 Å². The number of ether oxygens (including phenoxy) is 1. The zero-order valence-electron chi connectivity index (χ0n) is 25.1. The average Bonchev–Trinajstić information content (AvgIpc) is 3.35. The van der Waals surface area contributed by atoms with Gasteiger partial charge >= 0.3 is 0 Å². The first-order chi connectivity index (χ1) is 22.3. The van der Waals surface area contributed by atoms with Crippen LogP contribution in [-0.2, 0) is 14.4 Å². The maximum atomic E-state index is 13.4. The van der Waals surface area contributed by atoms with Crippen LogP contribution in [0.25, 0.3) is 6.08 Å². The molecule has 4 aromatic rings. The first-order valence-electron chi connectivity index (χ1n) is 14.8. The van der Waals surface area contributed by atoms with E-state index in [0.717, 1.165) is 17.7 Å². The number of hydrogen-bond acceptors (Lipinski definition) is 6. The van der Waals surface area contributed by atoms with E-state index in [1.54, 1.807) is 78.9 Å². The second-order valence-corrected chi connectivity index (χ2v) is 11.8. The largest absolute Gasteiger partial charge is 0.494 e. The number of halogens is 1. The van der Waals surface area contributed by atoms with Crippen molar-refractivity contribution in [1.82, 2.24) is 5.32 Å². The van der Waals surface area contributed by atoms with E-state index in [-0.39, 0.29) is 23.9 Å². The number of nitrogens with zero attached hydrogens (tertiary/aromatic N) is 1. The lowest BCUT2D eigenvalue weighted by atomic mass is 10.1. The van der Waals surface area contributed by atoms with Crippen LogP contribution in [0.1, 0.15) is 42.1 Å². The number of imide groups is 1. The number of benzene rings is 4. The van der Waals surface area contributed by atoms with Crippen molar-refractivity contribution in [2.45, 2.75) is 36.3 Å². The van der Waals surface area contributed by atoms with E-state index in [9.17, 15) is 23.6 Å². The lowest BCUT2D eigenvalue weighted by Crippen LogP contribution is -2.31. The summed E-state index contributed by atoms with van der Waals surface area (Å²) in [7, 11) is 0. The van der Waals surface area contributed by atoms with Gasteiger partial charge in [-0.25, -0.2) is 9.29 Å². The fraction of sp³-hybridized carbons (Fsp3) is 0.167. The van der Waals surface area contributed by atoms with Gasteiger partial charge in [-0.1, -0.05) is 43.7 Å². The highest BCUT2D eigenvalue weighted by Gasteiger charge is 2.40. The van der Waals surface area contributed by atoms with Crippen LogP contribution < -0.4 is 20.3 Å². The lowest BCUT2D eigenvalue weighted by Gasteiger charge is -2.16. The third-order valence-corrected chi connectivity index (χ3v) is 8.26. The molecule has 5 rings (SSSR count). The van der Waals surface area contributed by atoms with E-state index in [4.69, 9.17) is 4.74 Å². The highest BCUT2D eigenvalue weighted by atomic mass is 32.2. The van der Waals surface area contributed by atoms with Gasteiger partial charge in [-0.15, -0.1) is 11.8 Å². The Labute approximate surface area is 270 Å². The van der Waals surface area contributed by atoms with E-state index in [0.29, 0.717) is 34.9 Å². The summed E-state index contributed by atoms with van der Waals surface area (Å²) >= 11 is 1.27. The molecule has 1 fully saturated rings. The summed E-state index contributed by atoms with van der Waals surface area (Å²) in [4.78, 5) is 54.1. The molecule has 0 aromatic heterocycles. The van der Waals surface area contributed by atoms with Crippen LogP contribution in [0.15, 0.2) is 114 Å². The van der Waals surface area contributed by atoms with Crippen molar-refractivity contribution in [3.63, 3.8) is 0 Å². The van der Waals surface area contributed by atoms with E-state index in [1.165, 1.54) is 47.0 Å². The van der Waals surface area contributed by atoms with E-state index < -0.39 is 22.9 Å². The minimum atomic E-state index is -0.591. The van der Waals surface area contributed by atoms with Gasteiger partial charge in [-0.05, 0) is 90.9 Å². The molecule has 0 radical (unpaired) electrons. The number of hydrogen-bond donors (Lipinski definition) is 2. The Morgan fingerprint density at radius 2 is 1.63 bits per heavy atom. The van der Waals surface area contributed by atoms with Crippen LogP contribution in [0.5, 0.6) is 5.75 Å². The predicted molar refractivity (Wildman–Crippen MR) is 177 cm³/mol. The van der Waals surface area contributed by atoms with Crippen LogP contribution in [0.2, 0.25) is 0 Å². The molecule has 1 aliphatic rings. The maximum absolute atomic E-state index is 13.4. The standard InChI is InChI=1S/C36H32FN3O5S/c1-2-3-21-45-29-17-15-28(16-18-29)40-33(41)23-32(36(40)44)46-30-19-13-27(14-20-30)38-35(43)31(22-24-9-11-26(37)12-10-24)39-34(42)25-7-5-4-6-8-25/h4-20,22,32H,2-3,21,23H2,1H3,(H,38,43)(H,39,42)/b31-22-. The van der Waals surface area contributed by atoms with Crippen molar-refractivity contribution in [3.05, 3.63) is 126 Å². The summed E-state index contributed by atoms with van der Waals surface area (Å²) in [6, 6.07) is 27.7. The molecule has 8 nitrogen and oxygen atoms in total. The highest BCUT2D eigenvalue weighted by molar-refractivity contribution is 8.00. The number of carbonyl (C=O) groups is 4. The number of unbranched alkanes of at least 4 members (excludes halogenated alkanes) is 1. The molecule has 0 saturated carbocycles. The lowest BCUT2D eigenvalue weighted by molar-refractivity contribution is -0.121. The molecule has 2 N–H and O–H groups in total. The first kappa shape index (κ1) is 32.2. The molecule has 1 saturated heterocycles. The molecule has 234 valence electrons. The fourth-order valence-electron chi connectivity index (χ4n) is 4.64. The number of carbonyl (C=O) groups excluding carboxylic acids is 4. The second kappa shape index (κ2) is 15.2. The second-order valence-electron chi connectivity index (χ2n) is 10.5.